The van der Waals surface area contributed by atoms with E-state index < -0.39 is 57.1 Å². The predicted molar refractivity (Wildman–Crippen MR) is 85.2 cm³/mol. The lowest BCUT2D eigenvalue weighted by Gasteiger charge is -2.14. The van der Waals surface area contributed by atoms with Crippen molar-refractivity contribution in [2.75, 3.05) is 5.73 Å². The van der Waals surface area contributed by atoms with Crippen LogP contribution in [0.15, 0.2) is 16.9 Å². The number of hydrogen-bond acceptors (Lipinski definition) is 5. The first-order valence-corrected chi connectivity index (χ1v) is 6.94. The molecule has 0 bridgehead atoms. The first-order chi connectivity index (χ1) is 10.7. The number of carbonyl (C=O) groups is 2. The van der Waals surface area contributed by atoms with Crippen LogP contribution in [0.5, 0.6) is 5.75 Å². The van der Waals surface area contributed by atoms with E-state index in [1.807, 2.05) is 4.98 Å². The van der Waals surface area contributed by atoms with Crippen molar-refractivity contribution in [1.82, 2.24) is 4.98 Å². The molecule has 120 valence electrons. The maximum Gasteiger partial charge on any atom is 0.342 e. The fourth-order valence-electron chi connectivity index (χ4n) is 2.06. The molecule has 6 N–H and O–H groups in total. The van der Waals surface area contributed by atoms with E-state index in [-0.39, 0.29) is 3.57 Å². The Morgan fingerprint density at radius 2 is 1.74 bits per heavy atom. The van der Waals surface area contributed by atoms with Crippen LogP contribution in [0.1, 0.15) is 20.7 Å². The van der Waals surface area contributed by atoms with E-state index in [4.69, 9.17) is 5.73 Å². The van der Waals surface area contributed by atoms with E-state index in [2.05, 4.69) is 0 Å². The van der Waals surface area contributed by atoms with Crippen molar-refractivity contribution in [2.45, 2.75) is 0 Å². The van der Waals surface area contributed by atoms with E-state index in [1.54, 1.807) is 22.6 Å². The molecule has 0 amide bonds. The average molecular weight is 434 g/mol. The third kappa shape index (κ3) is 2.72. The Kier molecular flexibility index (Phi) is 4.27. The lowest BCUT2D eigenvalue weighted by Crippen LogP contribution is -2.24. The van der Waals surface area contributed by atoms with Gasteiger partial charge in [0.05, 0.1) is 3.57 Å². The number of aromatic amines is 1. The van der Waals surface area contributed by atoms with Crippen LogP contribution in [0.3, 0.4) is 0 Å². The van der Waals surface area contributed by atoms with Crippen LogP contribution in [-0.2, 0) is 0 Å². The monoisotopic (exact) mass is 434 g/mol. The summed E-state index contributed by atoms with van der Waals surface area (Å²) < 4.78 is 13.9. The summed E-state index contributed by atoms with van der Waals surface area (Å²) in [6, 6.07) is 2.30. The lowest BCUT2D eigenvalue weighted by atomic mass is 9.94. The highest BCUT2D eigenvalue weighted by atomic mass is 127. The highest BCUT2D eigenvalue weighted by molar-refractivity contribution is 14.1. The summed E-state index contributed by atoms with van der Waals surface area (Å²) in [4.78, 5) is 36.5. The van der Waals surface area contributed by atoms with E-state index >= 15 is 0 Å². The van der Waals surface area contributed by atoms with Gasteiger partial charge in [-0.25, -0.2) is 14.0 Å². The number of carboxylic acid groups (broad SMARTS) is 2. The van der Waals surface area contributed by atoms with E-state index in [1.165, 1.54) is 6.07 Å². The standard InChI is InChI=1S/C13H8FIN2O6/c14-8-4(15)2-1-3(9(8)18)5-6(12(20)21)10(16)17-11(19)7(5)13(22)23/h1-2,18H,(H,20,21)(H,22,23)(H3,16,17,19). The molecule has 0 aliphatic rings. The summed E-state index contributed by atoms with van der Waals surface area (Å²) in [6.07, 6.45) is 0. The van der Waals surface area contributed by atoms with Gasteiger partial charge < -0.3 is 26.0 Å². The van der Waals surface area contributed by atoms with Crippen LogP contribution in [0.25, 0.3) is 11.1 Å². The number of halogens is 2. The first-order valence-electron chi connectivity index (χ1n) is 5.86. The molecule has 0 spiro atoms. The topological polar surface area (TPSA) is 154 Å². The Morgan fingerprint density at radius 1 is 1.17 bits per heavy atom. The van der Waals surface area contributed by atoms with Gasteiger partial charge in [-0.1, -0.05) is 0 Å². The molecule has 1 heterocycles. The largest absolute Gasteiger partial charge is 0.504 e. The first kappa shape index (κ1) is 16.7. The molecule has 10 heteroatoms. The normalized spacial score (nSPS) is 10.5. The lowest BCUT2D eigenvalue weighted by molar-refractivity contribution is 0.0695. The molecule has 0 atom stereocenters. The van der Waals surface area contributed by atoms with Gasteiger partial charge in [0.2, 0.25) is 0 Å². The third-order valence-electron chi connectivity index (χ3n) is 3.01. The number of nitrogens with one attached hydrogen (secondary N) is 1. The van der Waals surface area contributed by atoms with Crippen molar-refractivity contribution in [1.29, 1.82) is 0 Å². The van der Waals surface area contributed by atoms with Gasteiger partial charge in [0.25, 0.3) is 5.56 Å². The number of carboxylic acids is 2. The molecular weight excluding hydrogens is 426 g/mol. The van der Waals surface area contributed by atoms with Gasteiger partial charge in [-0.15, -0.1) is 0 Å². The molecule has 0 saturated heterocycles. The minimum atomic E-state index is -1.75. The van der Waals surface area contributed by atoms with Crippen molar-refractivity contribution in [3.05, 3.63) is 43.0 Å². The van der Waals surface area contributed by atoms with Crippen LogP contribution in [-0.4, -0.2) is 32.2 Å². The number of aromatic carboxylic acids is 2. The van der Waals surface area contributed by atoms with Gasteiger partial charge in [-0.05, 0) is 34.7 Å². The van der Waals surface area contributed by atoms with E-state index in [0.29, 0.717) is 0 Å². The highest BCUT2D eigenvalue weighted by Crippen LogP contribution is 2.37. The second-order valence-corrected chi connectivity index (χ2v) is 5.52. The van der Waals surface area contributed by atoms with Crippen molar-refractivity contribution >= 4 is 40.3 Å². The number of nitrogens with two attached hydrogens (primary N) is 1. The number of hydrogen-bond donors (Lipinski definition) is 5. The Morgan fingerprint density at radius 3 is 2.26 bits per heavy atom. The maximum atomic E-state index is 13.9. The van der Waals surface area contributed by atoms with Crippen molar-refractivity contribution in [3.63, 3.8) is 0 Å². The summed E-state index contributed by atoms with van der Waals surface area (Å²) in [5.74, 6) is -6.06. The second-order valence-electron chi connectivity index (χ2n) is 4.36. The summed E-state index contributed by atoms with van der Waals surface area (Å²) in [6.45, 7) is 0. The SMILES string of the molecule is Nc1[nH]c(=O)c(C(=O)O)c(-c2ccc(I)c(F)c2O)c1C(=O)O. The number of nitrogen functional groups attached to an aromatic ring is 1. The molecule has 23 heavy (non-hydrogen) atoms. The van der Waals surface area contributed by atoms with Gasteiger partial charge in [-0.3, -0.25) is 4.79 Å². The molecule has 2 rings (SSSR count). The van der Waals surface area contributed by atoms with Gasteiger partial charge >= 0.3 is 11.9 Å². The Labute approximate surface area is 140 Å². The van der Waals surface area contributed by atoms with Gasteiger partial charge in [0, 0.05) is 11.1 Å². The molecule has 0 fully saturated rings. The number of phenolic OH excluding ortho intramolecular Hbond substituents is 1. The van der Waals surface area contributed by atoms with E-state index in [0.717, 1.165) is 6.07 Å². The highest BCUT2D eigenvalue weighted by Gasteiger charge is 2.29. The number of phenols is 1. The minimum Gasteiger partial charge on any atom is -0.504 e. The van der Waals surface area contributed by atoms with Gasteiger partial charge in [0.15, 0.2) is 11.6 Å². The zero-order valence-corrected chi connectivity index (χ0v) is 13.2. The van der Waals surface area contributed by atoms with Crippen LogP contribution < -0.4 is 11.3 Å². The molecule has 2 aromatic rings. The molecule has 0 unspecified atom stereocenters. The van der Waals surface area contributed by atoms with Gasteiger partial charge in [-0.2, -0.15) is 0 Å². The Balaban J connectivity index is 3.07. The quantitative estimate of drug-likeness (QED) is 0.459. The predicted octanol–water partition coefficient (Wildman–Crippen LogP) is 1.47. The summed E-state index contributed by atoms with van der Waals surface area (Å²) in [5.41, 5.74) is 1.42. The molecule has 8 nitrogen and oxygen atoms in total. The minimum absolute atomic E-state index is 0.0235. The third-order valence-corrected chi connectivity index (χ3v) is 3.84. The van der Waals surface area contributed by atoms with Crippen molar-refractivity contribution < 1.29 is 29.3 Å². The fourth-order valence-corrected chi connectivity index (χ4v) is 2.49. The average Bonchev–Trinajstić information content (AvgIpc) is 2.43. The zero-order chi connectivity index (χ0) is 17.5. The van der Waals surface area contributed by atoms with Gasteiger partial charge in [0.1, 0.15) is 16.9 Å². The smallest absolute Gasteiger partial charge is 0.342 e. The van der Waals surface area contributed by atoms with Crippen LogP contribution in [0, 0.1) is 9.39 Å². The second kappa shape index (κ2) is 5.87. The summed E-state index contributed by atoms with van der Waals surface area (Å²) in [5, 5.41) is 28.3. The molecule has 1 aromatic carbocycles. The molecule has 0 saturated carbocycles. The maximum absolute atomic E-state index is 13.9. The number of benzene rings is 1. The molecule has 1 aromatic heterocycles. The Bertz CT molecular complexity index is 908. The summed E-state index contributed by atoms with van der Waals surface area (Å²) in [7, 11) is 0. The number of H-pyrrole nitrogens is 1. The molecular formula is C13H8FIN2O6. The van der Waals surface area contributed by atoms with Crippen molar-refractivity contribution in [2.24, 2.45) is 0 Å². The van der Waals surface area contributed by atoms with Crippen LogP contribution in [0.2, 0.25) is 0 Å². The number of aromatic nitrogens is 1. The molecule has 0 aliphatic carbocycles. The van der Waals surface area contributed by atoms with Crippen molar-refractivity contribution in [3.8, 4) is 16.9 Å². The van der Waals surface area contributed by atoms with Crippen LogP contribution >= 0.6 is 22.6 Å². The molecule has 0 aliphatic heterocycles. The summed E-state index contributed by atoms with van der Waals surface area (Å²) >= 11 is 1.58. The molecule has 0 radical (unpaired) electrons. The fraction of sp³-hybridized carbons (Fsp3) is 0. The number of rotatable bonds is 3. The number of aromatic hydroxyl groups is 1. The van der Waals surface area contributed by atoms with E-state index in [9.17, 15) is 34.1 Å². The zero-order valence-electron chi connectivity index (χ0n) is 11.1. The van der Waals surface area contributed by atoms with Crippen LogP contribution in [0.4, 0.5) is 10.2 Å². The Hall–Kier alpha value is -2.63. The number of pyridine rings is 1. The number of anilines is 1.